The molecule has 0 aliphatic heterocycles. The largest absolute Gasteiger partial charge is 0.484 e. The molecule has 1 aromatic heterocycles. The molecule has 0 fully saturated rings. The van der Waals surface area contributed by atoms with Crippen molar-refractivity contribution in [2.24, 2.45) is 5.92 Å². The van der Waals surface area contributed by atoms with Crippen LogP contribution in [0.25, 0.3) is 21.8 Å². The number of hydrogen-bond acceptors (Lipinski definition) is 2. The summed E-state index contributed by atoms with van der Waals surface area (Å²) in [6, 6.07) is 20.3. The van der Waals surface area contributed by atoms with Crippen molar-refractivity contribution in [1.29, 1.82) is 0 Å². The van der Waals surface area contributed by atoms with Crippen molar-refractivity contribution in [3.05, 3.63) is 71.5 Å². The number of ether oxygens (including phenoxy) is 1. The molecule has 1 heterocycles. The number of hydrogen-bond donors (Lipinski definition) is 0. The van der Waals surface area contributed by atoms with Crippen molar-refractivity contribution in [2.45, 2.75) is 33.4 Å². The Kier molecular flexibility index (Phi) is 5.04. The first kappa shape index (κ1) is 17.9. The zero-order chi connectivity index (χ0) is 18.8. The minimum Gasteiger partial charge on any atom is -0.484 e. The van der Waals surface area contributed by atoms with E-state index >= 15 is 0 Å². The number of para-hydroxylation sites is 2. The predicted molar refractivity (Wildman–Crippen MR) is 112 cm³/mol. The molecule has 0 saturated heterocycles. The summed E-state index contributed by atoms with van der Waals surface area (Å²) in [4.78, 5) is 4.79. The van der Waals surface area contributed by atoms with Gasteiger partial charge >= 0.3 is 0 Å². The molecule has 0 N–H and O–H groups in total. The SMILES string of the molecule is CC(C)CCn1c(COc2ccc3ccccc3c2Cl)nc2ccccc21. The first-order chi connectivity index (χ1) is 13.1. The van der Waals surface area contributed by atoms with E-state index in [1.807, 2.05) is 42.5 Å². The number of fused-ring (bicyclic) bond motifs is 2. The van der Waals surface area contributed by atoms with Crippen LogP contribution in [0.15, 0.2) is 60.7 Å². The molecular formula is C23H23ClN2O. The fraction of sp³-hybridized carbons (Fsp3) is 0.261. The van der Waals surface area contributed by atoms with Gasteiger partial charge in [-0.15, -0.1) is 0 Å². The van der Waals surface area contributed by atoms with E-state index in [0.29, 0.717) is 23.3 Å². The summed E-state index contributed by atoms with van der Waals surface area (Å²) >= 11 is 6.58. The molecule has 0 radical (unpaired) electrons. The Labute approximate surface area is 164 Å². The van der Waals surface area contributed by atoms with Crippen LogP contribution in [-0.2, 0) is 13.2 Å². The number of aryl methyl sites for hydroxylation is 1. The Morgan fingerprint density at radius 1 is 1.00 bits per heavy atom. The lowest BCUT2D eigenvalue weighted by Crippen LogP contribution is -2.09. The number of aromatic nitrogens is 2. The van der Waals surface area contributed by atoms with Crippen molar-refractivity contribution in [1.82, 2.24) is 9.55 Å². The van der Waals surface area contributed by atoms with E-state index < -0.39 is 0 Å². The molecule has 0 saturated carbocycles. The second-order valence-electron chi connectivity index (χ2n) is 7.24. The van der Waals surface area contributed by atoms with Crippen LogP contribution < -0.4 is 4.74 Å². The normalized spacial score (nSPS) is 11.6. The first-order valence-corrected chi connectivity index (χ1v) is 9.75. The quantitative estimate of drug-likeness (QED) is 0.384. The minimum absolute atomic E-state index is 0.394. The van der Waals surface area contributed by atoms with E-state index in [2.05, 4.69) is 36.6 Å². The molecule has 3 nitrogen and oxygen atoms in total. The molecule has 0 bridgehead atoms. The number of imidazole rings is 1. The van der Waals surface area contributed by atoms with Gasteiger partial charge < -0.3 is 9.30 Å². The Balaban J connectivity index is 1.64. The van der Waals surface area contributed by atoms with Gasteiger partial charge in [-0.2, -0.15) is 0 Å². The first-order valence-electron chi connectivity index (χ1n) is 9.37. The lowest BCUT2D eigenvalue weighted by Gasteiger charge is -2.13. The molecule has 0 atom stereocenters. The van der Waals surface area contributed by atoms with Gasteiger partial charge in [0.1, 0.15) is 18.2 Å². The van der Waals surface area contributed by atoms with Crippen LogP contribution in [0.1, 0.15) is 26.1 Å². The molecule has 0 aliphatic carbocycles. The summed E-state index contributed by atoms with van der Waals surface area (Å²) < 4.78 is 8.36. The Morgan fingerprint density at radius 3 is 2.63 bits per heavy atom. The predicted octanol–water partition coefficient (Wildman–Crippen LogP) is 6.47. The zero-order valence-electron chi connectivity index (χ0n) is 15.7. The highest BCUT2D eigenvalue weighted by molar-refractivity contribution is 6.37. The minimum atomic E-state index is 0.394. The molecule has 0 spiro atoms. The summed E-state index contributed by atoms with van der Waals surface area (Å²) in [5.41, 5.74) is 2.16. The van der Waals surface area contributed by atoms with Crippen LogP contribution in [0.5, 0.6) is 5.75 Å². The molecule has 4 rings (SSSR count). The highest BCUT2D eigenvalue weighted by atomic mass is 35.5. The van der Waals surface area contributed by atoms with Gasteiger partial charge in [-0.05, 0) is 35.9 Å². The zero-order valence-corrected chi connectivity index (χ0v) is 16.4. The molecule has 138 valence electrons. The lowest BCUT2D eigenvalue weighted by molar-refractivity contribution is 0.289. The third-order valence-electron chi connectivity index (χ3n) is 4.85. The molecule has 27 heavy (non-hydrogen) atoms. The summed E-state index contributed by atoms with van der Waals surface area (Å²) in [7, 11) is 0. The smallest absolute Gasteiger partial charge is 0.147 e. The Morgan fingerprint density at radius 2 is 1.78 bits per heavy atom. The van der Waals surface area contributed by atoms with E-state index in [0.717, 1.165) is 40.6 Å². The highest BCUT2D eigenvalue weighted by Crippen LogP contribution is 2.33. The van der Waals surface area contributed by atoms with Gasteiger partial charge in [0.2, 0.25) is 0 Å². The molecule has 3 aromatic carbocycles. The summed E-state index contributed by atoms with van der Waals surface area (Å²) in [5.74, 6) is 2.26. The van der Waals surface area contributed by atoms with Gasteiger partial charge in [0.05, 0.1) is 16.1 Å². The molecule has 0 aliphatic rings. The van der Waals surface area contributed by atoms with Crippen molar-refractivity contribution in [3.8, 4) is 5.75 Å². The van der Waals surface area contributed by atoms with Crippen LogP contribution >= 0.6 is 11.6 Å². The van der Waals surface area contributed by atoms with Crippen molar-refractivity contribution in [2.75, 3.05) is 0 Å². The molecule has 0 amide bonds. The number of benzene rings is 3. The fourth-order valence-electron chi connectivity index (χ4n) is 3.34. The average molecular weight is 379 g/mol. The molecule has 0 unspecified atom stereocenters. The lowest BCUT2D eigenvalue weighted by atomic mass is 10.1. The van der Waals surface area contributed by atoms with Crippen LogP contribution in [0.4, 0.5) is 0 Å². The van der Waals surface area contributed by atoms with E-state index in [1.54, 1.807) is 0 Å². The molecule has 4 aromatic rings. The van der Waals surface area contributed by atoms with Crippen molar-refractivity contribution < 1.29 is 4.74 Å². The van der Waals surface area contributed by atoms with Crippen molar-refractivity contribution >= 4 is 33.4 Å². The standard InChI is InChI=1S/C23H23ClN2O/c1-16(2)13-14-26-20-10-6-5-9-19(20)25-22(26)15-27-21-12-11-17-7-3-4-8-18(17)23(21)24/h3-12,16H,13-15H2,1-2H3. The van der Waals surface area contributed by atoms with Crippen LogP contribution in [0.3, 0.4) is 0 Å². The van der Waals surface area contributed by atoms with Gasteiger partial charge in [-0.3, -0.25) is 0 Å². The van der Waals surface area contributed by atoms with E-state index in [4.69, 9.17) is 21.3 Å². The Bertz CT molecular complexity index is 1080. The summed E-state index contributed by atoms with van der Waals surface area (Å²) in [6.07, 6.45) is 1.10. The third-order valence-corrected chi connectivity index (χ3v) is 5.24. The summed E-state index contributed by atoms with van der Waals surface area (Å²) in [5, 5.41) is 2.77. The second kappa shape index (κ2) is 7.61. The van der Waals surface area contributed by atoms with Crippen LogP contribution in [0, 0.1) is 5.92 Å². The maximum atomic E-state index is 6.58. The maximum Gasteiger partial charge on any atom is 0.147 e. The van der Waals surface area contributed by atoms with Gasteiger partial charge in [0, 0.05) is 11.9 Å². The monoisotopic (exact) mass is 378 g/mol. The van der Waals surface area contributed by atoms with E-state index in [-0.39, 0.29) is 0 Å². The van der Waals surface area contributed by atoms with Gasteiger partial charge in [-0.1, -0.05) is 67.9 Å². The second-order valence-corrected chi connectivity index (χ2v) is 7.62. The molecular weight excluding hydrogens is 356 g/mol. The number of nitrogens with zero attached hydrogens (tertiary/aromatic N) is 2. The van der Waals surface area contributed by atoms with Gasteiger partial charge in [0.15, 0.2) is 0 Å². The average Bonchev–Trinajstić information content (AvgIpc) is 3.03. The fourth-order valence-corrected chi connectivity index (χ4v) is 3.63. The van der Waals surface area contributed by atoms with E-state index in [9.17, 15) is 0 Å². The van der Waals surface area contributed by atoms with Gasteiger partial charge in [-0.25, -0.2) is 4.98 Å². The number of rotatable bonds is 6. The van der Waals surface area contributed by atoms with Crippen LogP contribution in [-0.4, -0.2) is 9.55 Å². The highest BCUT2D eigenvalue weighted by Gasteiger charge is 2.13. The van der Waals surface area contributed by atoms with Crippen molar-refractivity contribution in [3.63, 3.8) is 0 Å². The molecule has 4 heteroatoms. The van der Waals surface area contributed by atoms with Crippen LogP contribution in [0.2, 0.25) is 5.02 Å². The maximum absolute atomic E-state index is 6.58. The topological polar surface area (TPSA) is 27.1 Å². The number of halogens is 1. The van der Waals surface area contributed by atoms with Gasteiger partial charge in [0.25, 0.3) is 0 Å². The summed E-state index contributed by atoms with van der Waals surface area (Å²) in [6.45, 7) is 5.81. The third kappa shape index (κ3) is 3.65. The van der Waals surface area contributed by atoms with E-state index in [1.165, 1.54) is 0 Å². The Hall–Kier alpha value is -2.52.